The fourth-order valence-corrected chi connectivity index (χ4v) is 3.41. The van der Waals surface area contributed by atoms with Gasteiger partial charge in [0, 0.05) is 13.1 Å². The largest absolute Gasteiger partial charge is 0.469 e. The van der Waals surface area contributed by atoms with Crippen molar-refractivity contribution in [1.82, 2.24) is 15.2 Å². The van der Waals surface area contributed by atoms with Gasteiger partial charge in [0.15, 0.2) is 0 Å². The number of fused-ring (bicyclic) bond motifs is 1. The Kier molecular flexibility index (Phi) is 4.24. The van der Waals surface area contributed by atoms with Gasteiger partial charge in [0.25, 0.3) is 5.91 Å². The molecular formula is C15H15N3O4S. The third-order valence-corrected chi connectivity index (χ3v) is 4.64. The molecule has 1 N–H and O–H groups in total. The number of nitrogens with one attached hydrogen (secondary N) is 1. The number of piperazine rings is 1. The maximum atomic E-state index is 12.9. The van der Waals surface area contributed by atoms with E-state index < -0.39 is 12.0 Å². The van der Waals surface area contributed by atoms with E-state index in [4.69, 9.17) is 0 Å². The topological polar surface area (TPSA) is 88.6 Å². The number of rotatable bonds is 3. The zero-order valence-electron chi connectivity index (χ0n) is 12.4. The molecule has 0 radical (unpaired) electrons. The molecule has 1 aromatic heterocycles. The molecule has 120 valence electrons. The van der Waals surface area contributed by atoms with Crippen LogP contribution in [0.1, 0.15) is 16.8 Å². The smallest absolute Gasteiger partial charge is 0.308 e. The van der Waals surface area contributed by atoms with Crippen LogP contribution in [0.5, 0.6) is 0 Å². The first kappa shape index (κ1) is 15.4. The highest BCUT2D eigenvalue weighted by molar-refractivity contribution is 7.17. The van der Waals surface area contributed by atoms with Crippen molar-refractivity contribution in [2.75, 3.05) is 20.2 Å². The van der Waals surface area contributed by atoms with Crippen LogP contribution in [0.4, 0.5) is 0 Å². The highest BCUT2D eigenvalue weighted by Crippen LogP contribution is 2.25. The third kappa shape index (κ3) is 2.89. The molecule has 7 nitrogen and oxygen atoms in total. The zero-order chi connectivity index (χ0) is 16.4. The third-order valence-electron chi connectivity index (χ3n) is 3.77. The average Bonchev–Trinajstić information content (AvgIpc) is 3.04. The summed E-state index contributed by atoms with van der Waals surface area (Å²) in [7, 11) is 1.26. The molecule has 0 saturated carbocycles. The number of thiazole rings is 1. The minimum absolute atomic E-state index is 0.160. The van der Waals surface area contributed by atoms with Crippen molar-refractivity contribution in [3.8, 4) is 0 Å². The van der Waals surface area contributed by atoms with E-state index in [2.05, 4.69) is 15.0 Å². The Bertz CT molecular complexity index is 773. The molecule has 1 fully saturated rings. The predicted octanol–water partition coefficient (Wildman–Crippen LogP) is 0.800. The molecule has 1 unspecified atom stereocenters. The van der Waals surface area contributed by atoms with Crippen LogP contribution in [0.3, 0.4) is 0 Å². The number of carbonyl (C=O) groups excluding carboxylic acids is 3. The minimum atomic E-state index is -0.855. The molecule has 2 amide bonds. The molecule has 3 rings (SSSR count). The summed E-state index contributed by atoms with van der Waals surface area (Å²) in [6.45, 7) is 0.711. The van der Waals surface area contributed by atoms with Crippen molar-refractivity contribution in [2.24, 2.45) is 0 Å². The fraction of sp³-hybridized carbons (Fsp3) is 0.333. The molecule has 8 heteroatoms. The average molecular weight is 333 g/mol. The Morgan fingerprint density at radius 2 is 2.30 bits per heavy atom. The SMILES string of the molecule is COC(=O)CC1C(=O)NCCN1C(=O)c1cccc2ncsc12. The molecule has 1 saturated heterocycles. The number of methoxy groups -OCH3 is 1. The highest BCUT2D eigenvalue weighted by atomic mass is 32.1. The molecule has 2 aromatic rings. The van der Waals surface area contributed by atoms with Crippen LogP contribution < -0.4 is 5.32 Å². The van der Waals surface area contributed by atoms with Crippen LogP contribution in [0.25, 0.3) is 10.2 Å². The molecule has 1 aliphatic heterocycles. The number of carbonyl (C=O) groups is 3. The number of nitrogens with zero attached hydrogens (tertiary/aromatic N) is 2. The summed E-state index contributed by atoms with van der Waals surface area (Å²) in [6.07, 6.45) is -0.160. The summed E-state index contributed by atoms with van der Waals surface area (Å²) < 4.78 is 5.41. The van der Waals surface area contributed by atoms with Crippen LogP contribution in [0, 0.1) is 0 Å². The van der Waals surface area contributed by atoms with Crippen LogP contribution >= 0.6 is 11.3 Å². The lowest BCUT2D eigenvalue weighted by atomic mass is 10.1. The van der Waals surface area contributed by atoms with Crippen molar-refractivity contribution >= 4 is 39.3 Å². The Hall–Kier alpha value is -2.48. The van der Waals surface area contributed by atoms with E-state index in [-0.39, 0.29) is 18.2 Å². The van der Waals surface area contributed by atoms with Gasteiger partial charge in [0.1, 0.15) is 6.04 Å². The van der Waals surface area contributed by atoms with Crippen molar-refractivity contribution in [3.05, 3.63) is 29.3 Å². The second kappa shape index (κ2) is 6.33. The number of hydrogen-bond acceptors (Lipinski definition) is 6. The first-order chi connectivity index (χ1) is 11.1. The first-order valence-corrected chi connectivity index (χ1v) is 7.97. The van der Waals surface area contributed by atoms with Gasteiger partial charge in [-0.25, -0.2) is 4.98 Å². The maximum Gasteiger partial charge on any atom is 0.308 e. The standard InChI is InChI=1S/C15H15N3O4S/c1-22-12(19)7-11-14(20)16-5-6-18(11)15(21)9-3-2-4-10-13(9)23-8-17-10/h2-4,8,11H,5-7H2,1H3,(H,16,20). The van der Waals surface area contributed by atoms with Crippen LogP contribution in [0.2, 0.25) is 0 Å². The van der Waals surface area contributed by atoms with E-state index in [0.29, 0.717) is 18.7 Å². The van der Waals surface area contributed by atoms with E-state index in [9.17, 15) is 14.4 Å². The number of benzene rings is 1. The Morgan fingerprint density at radius 1 is 1.48 bits per heavy atom. The second-order valence-electron chi connectivity index (χ2n) is 5.09. The van der Waals surface area contributed by atoms with Gasteiger partial charge in [-0.1, -0.05) is 6.07 Å². The van der Waals surface area contributed by atoms with E-state index in [0.717, 1.165) is 10.2 Å². The molecule has 1 aliphatic rings. The maximum absolute atomic E-state index is 12.9. The molecule has 0 spiro atoms. The summed E-state index contributed by atoms with van der Waals surface area (Å²) >= 11 is 1.38. The molecule has 23 heavy (non-hydrogen) atoms. The summed E-state index contributed by atoms with van der Waals surface area (Å²) in [5, 5.41) is 2.68. The van der Waals surface area contributed by atoms with Crippen molar-refractivity contribution in [2.45, 2.75) is 12.5 Å². The van der Waals surface area contributed by atoms with Gasteiger partial charge in [0.2, 0.25) is 5.91 Å². The normalized spacial score (nSPS) is 17.9. The first-order valence-electron chi connectivity index (χ1n) is 7.09. The second-order valence-corrected chi connectivity index (χ2v) is 5.95. The van der Waals surface area contributed by atoms with Crippen LogP contribution in [-0.2, 0) is 14.3 Å². The van der Waals surface area contributed by atoms with Gasteiger partial charge in [-0.05, 0) is 12.1 Å². The van der Waals surface area contributed by atoms with Gasteiger partial charge in [0.05, 0.1) is 34.8 Å². The monoisotopic (exact) mass is 333 g/mol. The molecule has 0 bridgehead atoms. The number of aromatic nitrogens is 1. The van der Waals surface area contributed by atoms with Crippen molar-refractivity contribution < 1.29 is 19.1 Å². The minimum Gasteiger partial charge on any atom is -0.469 e. The molecule has 1 atom stereocenters. The summed E-state index contributed by atoms with van der Waals surface area (Å²) in [6, 6.07) is 4.45. The number of esters is 1. The lowest BCUT2D eigenvalue weighted by Gasteiger charge is -2.34. The number of amides is 2. The highest BCUT2D eigenvalue weighted by Gasteiger charge is 2.36. The fourth-order valence-electron chi connectivity index (χ4n) is 2.61. The van der Waals surface area contributed by atoms with Gasteiger partial charge >= 0.3 is 5.97 Å². The zero-order valence-corrected chi connectivity index (χ0v) is 13.3. The van der Waals surface area contributed by atoms with Crippen molar-refractivity contribution in [1.29, 1.82) is 0 Å². The van der Waals surface area contributed by atoms with Gasteiger partial charge in [-0.3, -0.25) is 14.4 Å². The van der Waals surface area contributed by atoms with Crippen molar-refractivity contribution in [3.63, 3.8) is 0 Å². The van der Waals surface area contributed by atoms with Gasteiger partial charge in [-0.15, -0.1) is 11.3 Å². The van der Waals surface area contributed by atoms with E-state index in [1.54, 1.807) is 17.6 Å². The quantitative estimate of drug-likeness (QED) is 0.839. The lowest BCUT2D eigenvalue weighted by Crippen LogP contribution is -2.57. The number of ether oxygens (including phenoxy) is 1. The van der Waals surface area contributed by atoms with Crippen LogP contribution in [0.15, 0.2) is 23.7 Å². The Labute approximate surface area is 136 Å². The number of hydrogen-bond donors (Lipinski definition) is 1. The molecule has 1 aromatic carbocycles. The Morgan fingerprint density at radius 3 is 3.09 bits per heavy atom. The summed E-state index contributed by atoms with van der Waals surface area (Å²) in [5.74, 6) is -1.14. The molecule has 2 heterocycles. The lowest BCUT2D eigenvalue weighted by molar-refractivity contribution is -0.145. The predicted molar refractivity (Wildman–Crippen MR) is 84.1 cm³/mol. The molecular weight excluding hydrogens is 318 g/mol. The van der Waals surface area contributed by atoms with E-state index in [1.165, 1.54) is 23.3 Å². The van der Waals surface area contributed by atoms with Crippen LogP contribution in [-0.4, -0.2) is 53.9 Å². The Balaban J connectivity index is 1.93. The summed E-state index contributed by atoms with van der Waals surface area (Å²) in [5.41, 5.74) is 2.91. The van der Waals surface area contributed by atoms with E-state index in [1.807, 2.05) is 6.07 Å². The van der Waals surface area contributed by atoms with E-state index >= 15 is 0 Å². The van der Waals surface area contributed by atoms with Gasteiger partial charge < -0.3 is 15.0 Å². The summed E-state index contributed by atoms with van der Waals surface area (Å²) in [4.78, 5) is 42.2. The van der Waals surface area contributed by atoms with Gasteiger partial charge in [-0.2, -0.15) is 0 Å². The molecule has 0 aliphatic carbocycles.